The molecule has 2 aliphatic rings. The number of nitrogens with zero attached hydrogens (tertiary/aromatic N) is 1. The molecule has 98 valence electrons. The molecule has 4 rings (SSSR count). The van der Waals surface area contributed by atoms with Crippen LogP contribution in [0.15, 0.2) is 60.4 Å². The summed E-state index contributed by atoms with van der Waals surface area (Å²) in [7, 11) is 0. The molecule has 1 aromatic heterocycles. The molecule has 0 fully saturated rings. The first kappa shape index (κ1) is 11.0. The van der Waals surface area contributed by atoms with Crippen molar-refractivity contribution in [3.63, 3.8) is 0 Å². The first-order chi connectivity index (χ1) is 9.83. The molecule has 20 heavy (non-hydrogen) atoms. The molecule has 1 atom stereocenters. The lowest BCUT2D eigenvalue weighted by Gasteiger charge is -2.19. The molecule has 0 radical (unpaired) electrons. The lowest BCUT2D eigenvalue weighted by Crippen LogP contribution is -2.17. The fourth-order valence-corrected chi connectivity index (χ4v) is 2.40. The standard InChI is InChI=1S/C15H11N3O2/c19-13-12-15(18-11-4-2-1-3-10(11)17-12)20-14(13)9-5-7-16-8-6-9/h1-8,14,17-18H/t14-/m0/s1. The number of fused-ring (bicyclic) bond motifs is 1. The maximum Gasteiger partial charge on any atom is 0.229 e. The summed E-state index contributed by atoms with van der Waals surface area (Å²) < 4.78 is 5.75. The number of aromatic nitrogens is 1. The van der Waals surface area contributed by atoms with Crippen LogP contribution in [0.25, 0.3) is 0 Å². The summed E-state index contributed by atoms with van der Waals surface area (Å²) >= 11 is 0. The number of pyridine rings is 1. The van der Waals surface area contributed by atoms with E-state index in [0.717, 1.165) is 16.9 Å². The Morgan fingerprint density at radius 3 is 2.45 bits per heavy atom. The maximum absolute atomic E-state index is 12.4. The van der Waals surface area contributed by atoms with Crippen molar-refractivity contribution in [1.82, 2.24) is 4.98 Å². The van der Waals surface area contributed by atoms with Gasteiger partial charge in [-0.1, -0.05) is 12.1 Å². The summed E-state index contributed by atoms with van der Waals surface area (Å²) in [5.41, 5.74) is 3.05. The molecule has 2 aliphatic heterocycles. The number of hydrogen-bond acceptors (Lipinski definition) is 5. The van der Waals surface area contributed by atoms with Crippen molar-refractivity contribution in [2.75, 3.05) is 10.6 Å². The van der Waals surface area contributed by atoms with Crippen LogP contribution in [0, 0.1) is 0 Å². The average Bonchev–Trinajstić information content (AvgIpc) is 2.83. The molecule has 2 aromatic rings. The summed E-state index contributed by atoms with van der Waals surface area (Å²) in [6.45, 7) is 0. The highest BCUT2D eigenvalue weighted by Crippen LogP contribution is 2.39. The smallest absolute Gasteiger partial charge is 0.229 e. The molecule has 1 aromatic carbocycles. The van der Waals surface area contributed by atoms with Crippen LogP contribution in [0.1, 0.15) is 11.7 Å². The summed E-state index contributed by atoms with van der Waals surface area (Å²) in [5, 5.41) is 6.28. The molecule has 2 N–H and O–H groups in total. The number of Topliss-reactive ketones (excluding diaryl/α,β-unsaturated/α-hetero) is 1. The van der Waals surface area contributed by atoms with Crippen molar-refractivity contribution >= 4 is 17.2 Å². The summed E-state index contributed by atoms with van der Waals surface area (Å²) in [6, 6.07) is 11.3. The molecule has 0 amide bonds. The Hall–Kier alpha value is -2.82. The molecule has 5 heteroatoms. The number of carbonyl (C=O) groups is 1. The average molecular weight is 265 g/mol. The van der Waals surface area contributed by atoms with Crippen LogP contribution in [0.3, 0.4) is 0 Å². The van der Waals surface area contributed by atoms with Gasteiger partial charge in [0.15, 0.2) is 6.10 Å². The minimum atomic E-state index is -0.614. The molecule has 5 nitrogen and oxygen atoms in total. The third-order valence-corrected chi connectivity index (χ3v) is 3.39. The van der Waals surface area contributed by atoms with Gasteiger partial charge in [-0.05, 0) is 24.3 Å². The van der Waals surface area contributed by atoms with E-state index in [0.29, 0.717) is 11.6 Å². The fraction of sp³-hybridized carbons (Fsp3) is 0.0667. The van der Waals surface area contributed by atoms with Crippen LogP contribution in [0.4, 0.5) is 11.4 Å². The molecular weight excluding hydrogens is 254 g/mol. The van der Waals surface area contributed by atoms with Crippen LogP contribution < -0.4 is 10.6 Å². The number of benzene rings is 1. The van der Waals surface area contributed by atoms with Gasteiger partial charge in [-0.3, -0.25) is 9.78 Å². The van der Waals surface area contributed by atoms with E-state index in [-0.39, 0.29) is 5.78 Å². The number of nitrogens with one attached hydrogen (secondary N) is 2. The summed E-state index contributed by atoms with van der Waals surface area (Å²) in [6.07, 6.45) is 2.69. The molecule has 0 aliphatic carbocycles. The highest BCUT2D eigenvalue weighted by atomic mass is 16.5. The van der Waals surface area contributed by atoms with Crippen molar-refractivity contribution in [2.45, 2.75) is 6.10 Å². The van der Waals surface area contributed by atoms with Gasteiger partial charge >= 0.3 is 0 Å². The van der Waals surface area contributed by atoms with Crippen molar-refractivity contribution in [3.8, 4) is 0 Å². The lowest BCUT2D eigenvalue weighted by molar-refractivity contribution is -0.121. The van der Waals surface area contributed by atoms with Crippen molar-refractivity contribution < 1.29 is 9.53 Å². The molecule has 0 bridgehead atoms. The number of ether oxygens (including phenoxy) is 1. The van der Waals surface area contributed by atoms with Crippen molar-refractivity contribution in [2.24, 2.45) is 0 Å². The molecule has 0 spiro atoms. The Bertz CT molecular complexity index is 725. The van der Waals surface area contributed by atoms with E-state index < -0.39 is 6.10 Å². The van der Waals surface area contributed by atoms with Crippen molar-refractivity contribution in [3.05, 3.63) is 65.9 Å². The van der Waals surface area contributed by atoms with E-state index in [1.807, 2.05) is 24.3 Å². The quantitative estimate of drug-likeness (QED) is 0.829. The number of hydrogen-bond donors (Lipinski definition) is 2. The first-order valence-corrected chi connectivity index (χ1v) is 6.31. The zero-order valence-electron chi connectivity index (χ0n) is 10.5. The minimum absolute atomic E-state index is 0.0757. The summed E-state index contributed by atoms with van der Waals surface area (Å²) in [5.74, 6) is 0.406. The Morgan fingerprint density at radius 1 is 1.00 bits per heavy atom. The van der Waals surface area contributed by atoms with E-state index >= 15 is 0 Å². The minimum Gasteiger partial charge on any atom is -0.461 e. The van der Waals surface area contributed by atoms with Crippen molar-refractivity contribution in [1.29, 1.82) is 0 Å². The largest absolute Gasteiger partial charge is 0.461 e. The number of carbonyl (C=O) groups excluding carboxylic acids is 1. The topological polar surface area (TPSA) is 63.2 Å². The normalized spacial score (nSPS) is 19.6. The summed E-state index contributed by atoms with van der Waals surface area (Å²) in [4.78, 5) is 16.4. The highest BCUT2D eigenvalue weighted by Gasteiger charge is 2.38. The predicted molar refractivity (Wildman–Crippen MR) is 73.8 cm³/mol. The van der Waals surface area contributed by atoms with Crippen LogP contribution in [0.2, 0.25) is 0 Å². The van der Waals surface area contributed by atoms with Crippen LogP contribution in [0.5, 0.6) is 0 Å². The van der Waals surface area contributed by atoms with Gasteiger partial charge in [0, 0.05) is 18.0 Å². The Morgan fingerprint density at radius 2 is 1.70 bits per heavy atom. The van der Waals surface area contributed by atoms with Gasteiger partial charge in [-0.15, -0.1) is 0 Å². The number of para-hydroxylation sites is 2. The number of rotatable bonds is 1. The zero-order valence-corrected chi connectivity index (χ0v) is 10.5. The van der Waals surface area contributed by atoms with Crippen LogP contribution in [-0.2, 0) is 9.53 Å². The second-order valence-electron chi connectivity index (χ2n) is 4.64. The molecule has 3 heterocycles. The lowest BCUT2D eigenvalue weighted by atomic mass is 10.1. The van der Waals surface area contributed by atoms with Crippen LogP contribution in [-0.4, -0.2) is 10.8 Å². The Labute approximate surface area is 115 Å². The van der Waals surface area contributed by atoms with Gasteiger partial charge in [-0.2, -0.15) is 0 Å². The number of ketones is 1. The Balaban J connectivity index is 1.68. The molecule has 0 saturated carbocycles. The number of anilines is 2. The fourth-order valence-electron chi connectivity index (χ4n) is 2.40. The van der Waals surface area contributed by atoms with Gasteiger partial charge in [0.25, 0.3) is 0 Å². The molecule has 0 saturated heterocycles. The van der Waals surface area contributed by atoms with Gasteiger partial charge in [-0.25, -0.2) is 0 Å². The second-order valence-corrected chi connectivity index (χ2v) is 4.64. The highest BCUT2D eigenvalue weighted by molar-refractivity contribution is 6.06. The zero-order chi connectivity index (χ0) is 13.5. The van der Waals surface area contributed by atoms with E-state index in [4.69, 9.17) is 4.74 Å². The SMILES string of the molecule is O=C1C2=C(Nc3ccccc3N2)O[C@H]1c1ccncc1. The Kier molecular flexibility index (Phi) is 2.26. The third-order valence-electron chi connectivity index (χ3n) is 3.39. The van der Waals surface area contributed by atoms with E-state index in [2.05, 4.69) is 15.6 Å². The molecule has 0 unspecified atom stereocenters. The molecular formula is C15H11N3O2. The van der Waals surface area contributed by atoms with E-state index in [1.54, 1.807) is 24.5 Å². The third kappa shape index (κ3) is 1.56. The van der Waals surface area contributed by atoms with Gasteiger partial charge in [0.2, 0.25) is 11.7 Å². The first-order valence-electron chi connectivity index (χ1n) is 6.31. The second kappa shape index (κ2) is 4.09. The van der Waals surface area contributed by atoms with Gasteiger partial charge in [0.1, 0.15) is 5.70 Å². The van der Waals surface area contributed by atoms with E-state index in [9.17, 15) is 4.79 Å². The van der Waals surface area contributed by atoms with Crippen LogP contribution >= 0.6 is 0 Å². The predicted octanol–water partition coefficient (Wildman–Crippen LogP) is 2.43. The van der Waals surface area contributed by atoms with Gasteiger partial charge < -0.3 is 15.4 Å². The maximum atomic E-state index is 12.4. The van der Waals surface area contributed by atoms with Gasteiger partial charge in [0.05, 0.1) is 11.4 Å². The van der Waals surface area contributed by atoms with E-state index in [1.165, 1.54) is 0 Å². The monoisotopic (exact) mass is 265 g/mol.